The first-order valence-electron chi connectivity index (χ1n) is 7.83. The Bertz CT molecular complexity index is 609. The third-order valence-corrected chi connectivity index (χ3v) is 4.10. The maximum Gasteiger partial charge on any atom is 0.119 e. The zero-order chi connectivity index (χ0) is 14.8. The second-order valence-electron chi connectivity index (χ2n) is 5.81. The summed E-state index contributed by atoms with van der Waals surface area (Å²) in [4.78, 5) is 0. The lowest BCUT2D eigenvalue weighted by molar-refractivity contribution is 0.340. The smallest absolute Gasteiger partial charge is 0.119 e. The molecular formula is C18H24N2O. The van der Waals surface area contributed by atoms with Gasteiger partial charge in [-0.3, -0.25) is 0 Å². The SMILES string of the molecule is CCOc1ccc(-n2c(C)cc(CNC3CC3)c2C)cc1. The molecule has 1 aromatic carbocycles. The minimum absolute atomic E-state index is 0.706. The van der Waals surface area contributed by atoms with Crippen LogP contribution in [0.25, 0.3) is 5.69 Å². The molecule has 1 heterocycles. The van der Waals surface area contributed by atoms with E-state index in [0.29, 0.717) is 6.61 Å². The van der Waals surface area contributed by atoms with Gasteiger partial charge in [0.15, 0.2) is 0 Å². The largest absolute Gasteiger partial charge is 0.494 e. The van der Waals surface area contributed by atoms with Crippen molar-refractivity contribution in [2.24, 2.45) is 0 Å². The van der Waals surface area contributed by atoms with Crippen LogP contribution in [0.3, 0.4) is 0 Å². The topological polar surface area (TPSA) is 26.2 Å². The average Bonchev–Trinajstić information content (AvgIpc) is 3.25. The quantitative estimate of drug-likeness (QED) is 0.874. The van der Waals surface area contributed by atoms with Crippen LogP contribution in [0.1, 0.15) is 36.7 Å². The van der Waals surface area contributed by atoms with E-state index in [9.17, 15) is 0 Å². The van der Waals surface area contributed by atoms with Gasteiger partial charge in [-0.2, -0.15) is 0 Å². The van der Waals surface area contributed by atoms with Crippen molar-refractivity contribution in [3.8, 4) is 11.4 Å². The number of hydrogen-bond donors (Lipinski definition) is 1. The first kappa shape index (κ1) is 14.2. The van der Waals surface area contributed by atoms with Gasteiger partial charge in [-0.1, -0.05) is 0 Å². The highest BCUT2D eigenvalue weighted by molar-refractivity contribution is 5.43. The molecule has 3 rings (SSSR count). The van der Waals surface area contributed by atoms with Crippen molar-refractivity contribution in [2.75, 3.05) is 6.61 Å². The molecule has 1 aliphatic rings. The first-order chi connectivity index (χ1) is 10.2. The molecule has 21 heavy (non-hydrogen) atoms. The summed E-state index contributed by atoms with van der Waals surface area (Å²) < 4.78 is 7.83. The van der Waals surface area contributed by atoms with Crippen LogP contribution in [-0.4, -0.2) is 17.2 Å². The summed E-state index contributed by atoms with van der Waals surface area (Å²) in [6, 6.07) is 11.4. The molecular weight excluding hydrogens is 260 g/mol. The van der Waals surface area contributed by atoms with Gasteiger partial charge in [0.1, 0.15) is 5.75 Å². The van der Waals surface area contributed by atoms with Gasteiger partial charge >= 0.3 is 0 Å². The normalized spacial score (nSPS) is 14.4. The van der Waals surface area contributed by atoms with E-state index in [1.807, 2.05) is 19.1 Å². The molecule has 0 spiro atoms. The van der Waals surface area contributed by atoms with Crippen LogP contribution in [0.5, 0.6) is 5.75 Å². The number of ether oxygens (including phenoxy) is 1. The molecule has 0 radical (unpaired) electrons. The number of aromatic nitrogens is 1. The Morgan fingerprint density at radius 3 is 2.52 bits per heavy atom. The first-order valence-corrected chi connectivity index (χ1v) is 7.83. The number of nitrogens with one attached hydrogen (secondary N) is 1. The highest BCUT2D eigenvalue weighted by atomic mass is 16.5. The molecule has 2 aromatic rings. The molecule has 0 atom stereocenters. The number of aryl methyl sites for hydroxylation is 1. The highest BCUT2D eigenvalue weighted by Crippen LogP contribution is 2.24. The monoisotopic (exact) mass is 284 g/mol. The Kier molecular flexibility index (Phi) is 4.02. The molecule has 0 amide bonds. The Balaban J connectivity index is 1.82. The molecule has 1 saturated carbocycles. The van der Waals surface area contributed by atoms with Gasteiger partial charge < -0.3 is 14.6 Å². The van der Waals surface area contributed by atoms with Crippen molar-refractivity contribution < 1.29 is 4.74 Å². The van der Waals surface area contributed by atoms with Crippen LogP contribution in [0, 0.1) is 13.8 Å². The number of hydrogen-bond acceptors (Lipinski definition) is 2. The molecule has 1 N–H and O–H groups in total. The van der Waals surface area contributed by atoms with E-state index < -0.39 is 0 Å². The predicted octanol–water partition coefficient (Wildman–Crippen LogP) is 3.74. The third-order valence-electron chi connectivity index (χ3n) is 4.10. The van der Waals surface area contributed by atoms with E-state index in [2.05, 4.69) is 41.9 Å². The van der Waals surface area contributed by atoms with Gasteiger partial charge in [0, 0.05) is 29.7 Å². The highest BCUT2D eigenvalue weighted by Gasteiger charge is 2.21. The summed E-state index contributed by atoms with van der Waals surface area (Å²) in [5.74, 6) is 0.930. The molecule has 0 saturated heterocycles. The lowest BCUT2D eigenvalue weighted by Gasteiger charge is -2.11. The molecule has 1 fully saturated rings. The van der Waals surface area contributed by atoms with E-state index in [1.165, 1.54) is 35.5 Å². The average molecular weight is 284 g/mol. The molecule has 0 aliphatic heterocycles. The van der Waals surface area contributed by atoms with Crippen molar-refractivity contribution in [2.45, 2.75) is 46.2 Å². The fraction of sp³-hybridized carbons (Fsp3) is 0.444. The fourth-order valence-electron chi connectivity index (χ4n) is 2.81. The van der Waals surface area contributed by atoms with Crippen LogP contribution in [0.2, 0.25) is 0 Å². The lowest BCUT2D eigenvalue weighted by Crippen LogP contribution is -2.15. The molecule has 3 nitrogen and oxygen atoms in total. The van der Waals surface area contributed by atoms with E-state index in [-0.39, 0.29) is 0 Å². The minimum Gasteiger partial charge on any atom is -0.494 e. The van der Waals surface area contributed by atoms with Crippen molar-refractivity contribution in [3.05, 3.63) is 47.3 Å². The molecule has 0 bridgehead atoms. The van der Waals surface area contributed by atoms with E-state index in [1.54, 1.807) is 0 Å². The van der Waals surface area contributed by atoms with Crippen LogP contribution < -0.4 is 10.1 Å². The Morgan fingerprint density at radius 2 is 1.90 bits per heavy atom. The zero-order valence-electron chi connectivity index (χ0n) is 13.1. The van der Waals surface area contributed by atoms with Gasteiger partial charge in [-0.25, -0.2) is 0 Å². The number of nitrogens with zero attached hydrogens (tertiary/aromatic N) is 1. The van der Waals surface area contributed by atoms with Gasteiger partial charge in [0.25, 0.3) is 0 Å². The number of rotatable bonds is 6. The maximum atomic E-state index is 5.51. The molecule has 3 heteroatoms. The van der Waals surface area contributed by atoms with Crippen molar-refractivity contribution in [3.63, 3.8) is 0 Å². The van der Waals surface area contributed by atoms with E-state index >= 15 is 0 Å². The van der Waals surface area contributed by atoms with Gasteiger partial charge in [0.2, 0.25) is 0 Å². The second-order valence-corrected chi connectivity index (χ2v) is 5.81. The van der Waals surface area contributed by atoms with Gasteiger partial charge in [-0.15, -0.1) is 0 Å². The third kappa shape index (κ3) is 3.13. The maximum absolute atomic E-state index is 5.51. The van der Waals surface area contributed by atoms with Crippen molar-refractivity contribution >= 4 is 0 Å². The minimum atomic E-state index is 0.706. The lowest BCUT2D eigenvalue weighted by atomic mass is 10.2. The summed E-state index contributed by atoms with van der Waals surface area (Å²) in [6.07, 6.45) is 2.66. The summed E-state index contributed by atoms with van der Waals surface area (Å²) in [5, 5.41) is 3.60. The molecule has 1 aromatic heterocycles. The van der Waals surface area contributed by atoms with Crippen molar-refractivity contribution in [1.29, 1.82) is 0 Å². The Morgan fingerprint density at radius 1 is 1.19 bits per heavy atom. The summed E-state index contributed by atoms with van der Waals surface area (Å²) >= 11 is 0. The van der Waals surface area contributed by atoms with Crippen LogP contribution in [0.15, 0.2) is 30.3 Å². The summed E-state index contributed by atoms with van der Waals surface area (Å²) in [6.45, 7) is 8.06. The van der Waals surface area contributed by atoms with E-state index in [0.717, 1.165) is 18.3 Å². The molecule has 1 aliphatic carbocycles. The summed E-state index contributed by atoms with van der Waals surface area (Å²) in [7, 11) is 0. The fourth-order valence-corrected chi connectivity index (χ4v) is 2.81. The Hall–Kier alpha value is -1.74. The Labute approximate surface area is 126 Å². The second kappa shape index (κ2) is 5.94. The predicted molar refractivity (Wildman–Crippen MR) is 86.3 cm³/mol. The van der Waals surface area contributed by atoms with Crippen LogP contribution >= 0.6 is 0 Å². The van der Waals surface area contributed by atoms with Gasteiger partial charge in [-0.05, 0) is 69.5 Å². The standard InChI is InChI=1S/C18H24N2O/c1-4-21-18-9-7-17(8-10-18)20-13(2)11-15(14(20)3)12-19-16-5-6-16/h7-11,16,19H,4-6,12H2,1-3H3. The van der Waals surface area contributed by atoms with Crippen molar-refractivity contribution in [1.82, 2.24) is 9.88 Å². The molecule has 112 valence electrons. The van der Waals surface area contributed by atoms with Crippen LogP contribution in [0.4, 0.5) is 0 Å². The van der Waals surface area contributed by atoms with Crippen LogP contribution in [-0.2, 0) is 6.54 Å². The molecule has 0 unspecified atom stereocenters. The van der Waals surface area contributed by atoms with E-state index in [4.69, 9.17) is 4.74 Å². The zero-order valence-corrected chi connectivity index (χ0v) is 13.1. The summed E-state index contributed by atoms with van der Waals surface area (Å²) in [5.41, 5.74) is 5.20. The van der Waals surface area contributed by atoms with Gasteiger partial charge in [0.05, 0.1) is 6.61 Å². The number of benzene rings is 1.